The number of nitrogens with zero attached hydrogens (tertiary/aromatic N) is 3. The fourth-order valence-corrected chi connectivity index (χ4v) is 3.65. The zero-order valence-corrected chi connectivity index (χ0v) is 17.8. The third kappa shape index (κ3) is 4.42. The van der Waals surface area contributed by atoms with Crippen LogP contribution < -0.4 is 14.8 Å². The van der Waals surface area contributed by atoms with Crippen LogP contribution in [-0.4, -0.2) is 33.9 Å². The average molecular weight is 457 g/mol. The van der Waals surface area contributed by atoms with Crippen molar-refractivity contribution in [2.24, 2.45) is 0 Å². The van der Waals surface area contributed by atoms with E-state index in [0.29, 0.717) is 31.3 Å². The van der Waals surface area contributed by atoms with E-state index in [0.717, 1.165) is 32.8 Å². The third-order valence-corrected chi connectivity index (χ3v) is 5.33. The van der Waals surface area contributed by atoms with E-state index in [2.05, 4.69) is 31.3 Å². The number of carbonyl (C=O) groups is 1. The Balaban J connectivity index is 1.37. The molecule has 1 N–H and O–H groups in total. The van der Waals surface area contributed by atoms with Gasteiger partial charge in [0.25, 0.3) is 0 Å². The predicted octanol–water partition coefficient (Wildman–Crippen LogP) is 3.28. The number of pyridine rings is 1. The van der Waals surface area contributed by atoms with Crippen LogP contribution in [-0.2, 0) is 17.8 Å². The number of hydrogen-bond donors (Lipinski definition) is 1. The summed E-state index contributed by atoms with van der Waals surface area (Å²) < 4.78 is 13.8. The van der Waals surface area contributed by atoms with E-state index in [-0.39, 0.29) is 12.3 Å². The zero-order chi connectivity index (χ0) is 20.4. The summed E-state index contributed by atoms with van der Waals surface area (Å²) in [6.07, 6.45) is 2.00. The molecule has 3 aromatic rings. The molecule has 0 saturated carbocycles. The molecule has 0 atom stereocenters. The Hall–Kier alpha value is -2.87. The largest absolute Gasteiger partial charge is 0.486 e. The Kier molecular flexibility index (Phi) is 5.53. The summed E-state index contributed by atoms with van der Waals surface area (Å²) in [7, 11) is 0. The maximum Gasteiger partial charge on any atom is 0.224 e. The third-order valence-electron chi connectivity index (χ3n) is 4.59. The number of nitrogens with one attached hydrogen (secondary N) is 1. The van der Waals surface area contributed by atoms with Gasteiger partial charge in [0.1, 0.15) is 13.2 Å². The number of benzene rings is 1. The molecule has 29 heavy (non-hydrogen) atoms. The van der Waals surface area contributed by atoms with Gasteiger partial charge in [-0.15, -0.1) is 0 Å². The molecule has 4 rings (SSSR count). The molecule has 1 amide bonds. The molecule has 150 valence electrons. The molecule has 1 aromatic carbocycles. The Labute approximate surface area is 177 Å². The molecule has 0 saturated heterocycles. The minimum Gasteiger partial charge on any atom is -0.486 e. The molecule has 0 unspecified atom stereocenters. The standard InChI is InChI=1S/C21H21BrN4O3/c1-13-7-14(2)26(25-13)20-4-3-15(11-23-20)12-24-21(27)9-16-8-18-19(10-17(16)22)29-6-5-28-18/h3-4,7-8,10-11H,5-6,9,12H2,1-2H3,(H,24,27). The Morgan fingerprint density at radius 2 is 1.93 bits per heavy atom. The number of ether oxygens (including phenoxy) is 2. The molecule has 1 aliphatic heterocycles. The number of hydrogen-bond acceptors (Lipinski definition) is 5. The second-order valence-electron chi connectivity index (χ2n) is 6.90. The number of aryl methyl sites for hydroxylation is 2. The summed E-state index contributed by atoms with van der Waals surface area (Å²) in [5, 5.41) is 7.37. The summed E-state index contributed by atoms with van der Waals surface area (Å²) in [5.74, 6) is 2.04. The van der Waals surface area contributed by atoms with Crippen molar-refractivity contribution >= 4 is 21.8 Å². The van der Waals surface area contributed by atoms with Crippen molar-refractivity contribution in [3.8, 4) is 17.3 Å². The van der Waals surface area contributed by atoms with Crippen LogP contribution in [0.25, 0.3) is 5.82 Å². The van der Waals surface area contributed by atoms with Crippen molar-refractivity contribution in [1.82, 2.24) is 20.1 Å². The number of halogens is 1. The number of amides is 1. The minimum atomic E-state index is -0.0787. The molecule has 0 spiro atoms. The molecule has 2 aromatic heterocycles. The SMILES string of the molecule is Cc1cc(C)n(-c2ccc(CNC(=O)Cc3cc4c(cc3Br)OCCO4)cn2)n1. The smallest absolute Gasteiger partial charge is 0.224 e. The number of carbonyl (C=O) groups excluding carboxylic acids is 1. The number of rotatable bonds is 5. The van der Waals surface area contributed by atoms with E-state index in [9.17, 15) is 4.79 Å². The van der Waals surface area contributed by atoms with Crippen molar-refractivity contribution in [2.75, 3.05) is 13.2 Å². The lowest BCUT2D eigenvalue weighted by atomic mass is 10.1. The summed E-state index contributed by atoms with van der Waals surface area (Å²) in [6, 6.07) is 9.55. The average Bonchev–Trinajstić information content (AvgIpc) is 3.05. The summed E-state index contributed by atoms with van der Waals surface area (Å²) in [4.78, 5) is 16.9. The summed E-state index contributed by atoms with van der Waals surface area (Å²) in [6.45, 7) is 5.40. The van der Waals surface area contributed by atoms with E-state index in [1.165, 1.54) is 0 Å². The first-order valence-corrected chi connectivity index (χ1v) is 10.1. The number of fused-ring (bicyclic) bond motifs is 1. The second-order valence-corrected chi connectivity index (χ2v) is 7.76. The summed E-state index contributed by atoms with van der Waals surface area (Å²) in [5.41, 5.74) is 3.75. The van der Waals surface area contributed by atoms with Gasteiger partial charge in [-0.1, -0.05) is 22.0 Å². The molecular formula is C21H21BrN4O3. The predicted molar refractivity (Wildman–Crippen MR) is 112 cm³/mol. The Morgan fingerprint density at radius 1 is 1.17 bits per heavy atom. The van der Waals surface area contributed by atoms with Crippen molar-refractivity contribution in [3.05, 3.63) is 63.5 Å². The van der Waals surface area contributed by atoms with Crippen LogP contribution in [0.15, 0.2) is 41.0 Å². The van der Waals surface area contributed by atoms with Crippen LogP contribution in [0.2, 0.25) is 0 Å². The fraction of sp³-hybridized carbons (Fsp3) is 0.286. The van der Waals surface area contributed by atoms with Gasteiger partial charge in [0.2, 0.25) is 5.91 Å². The van der Waals surface area contributed by atoms with E-state index < -0.39 is 0 Å². The minimum absolute atomic E-state index is 0.0787. The number of aromatic nitrogens is 3. The Morgan fingerprint density at radius 3 is 2.59 bits per heavy atom. The molecule has 0 fully saturated rings. The van der Waals surface area contributed by atoms with Gasteiger partial charge >= 0.3 is 0 Å². The first kappa shape index (κ1) is 19.4. The fourth-order valence-electron chi connectivity index (χ4n) is 3.19. The van der Waals surface area contributed by atoms with E-state index in [4.69, 9.17) is 9.47 Å². The molecule has 7 nitrogen and oxygen atoms in total. The topological polar surface area (TPSA) is 78.3 Å². The van der Waals surface area contributed by atoms with Crippen molar-refractivity contribution in [3.63, 3.8) is 0 Å². The second kappa shape index (κ2) is 8.24. The lowest BCUT2D eigenvalue weighted by Gasteiger charge is -2.19. The lowest BCUT2D eigenvalue weighted by Crippen LogP contribution is -2.25. The maximum atomic E-state index is 12.4. The first-order chi connectivity index (χ1) is 14.0. The zero-order valence-electron chi connectivity index (χ0n) is 16.2. The molecule has 0 radical (unpaired) electrons. The van der Waals surface area contributed by atoms with Gasteiger partial charge < -0.3 is 14.8 Å². The van der Waals surface area contributed by atoms with E-state index in [1.807, 2.05) is 44.2 Å². The Bertz CT molecular complexity index is 1050. The van der Waals surface area contributed by atoms with Gasteiger partial charge in [-0.2, -0.15) is 5.10 Å². The molecule has 0 aliphatic carbocycles. The highest BCUT2D eigenvalue weighted by Crippen LogP contribution is 2.35. The van der Waals surface area contributed by atoms with Gasteiger partial charge in [0.05, 0.1) is 12.1 Å². The maximum absolute atomic E-state index is 12.4. The van der Waals surface area contributed by atoms with Gasteiger partial charge in [-0.25, -0.2) is 9.67 Å². The van der Waals surface area contributed by atoms with E-state index in [1.54, 1.807) is 10.9 Å². The van der Waals surface area contributed by atoms with Crippen LogP contribution >= 0.6 is 15.9 Å². The molecule has 8 heteroatoms. The lowest BCUT2D eigenvalue weighted by molar-refractivity contribution is -0.120. The van der Waals surface area contributed by atoms with Gasteiger partial charge in [0, 0.05) is 22.9 Å². The monoisotopic (exact) mass is 456 g/mol. The van der Waals surface area contributed by atoms with Crippen LogP contribution in [0.3, 0.4) is 0 Å². The van der Waals surface area contributed by atoms with Gasteiger partial charge in [-0.3, -0.25) is 4.79 Å². The van der Waals surface area contributed by atoms with E-state index >= 15 is 0 Å². The highest BCUT2D eigenvalue weighted by atomic mass is 79.9. The summed E-state index contributed by atoms with van der Waals surface area (Å²) >= 11 is 3.50. The van der Waals surface area contributed by atoms with Gasteiger partial charge in [-0.05, 0) is 49.2 Å². The highest BCUT2D eigenvalue weighted by molar-refractivity contribution is 9.10. The molecular weight excluding hydrogens is 436 g/mol. The van der Waals surface area contributed by atoms with Crippen molar-refractivity contribution in [2.45, 2.75) is 26.8 Å². The van der Waals surface area contributed by atoms with Gasteiger partial charge in [0.15, 0.2) is 17.3 Å². The van der Waals surface area contributed by atoms with Crippen LogP contribution in [0.5, 0.6) is 11.5 Å². The first-order valence-electron chi connectivity index (χ1n) is 9.33. The van der Waals surface area contributed by atoms with Crippen LogP contribution in [0, 0.1) is 13.8 Å². The van der Waals surface area contributed by atoms with Crippen molar-refractivity contribution < 1.29 is 14.3 Å². The van der Waals surface area contributed by atoms with Crippen LogP contribution in [0.4, 0.5) is 0 Å². The quantitative estimate of drug-likeness (QED) is 0.637. The molecule has 1 aliphatic rings. The highest BCUT2D eigenvalue weighted by Gasteiger charge is 2.16. The molecule has 0 bridgehead atoms. The van der Waals surface area contributed by atoms with Crippen molar-refractivity contribution in [1.29, 1.82) is 0 Å². The van der Waals surface area contributed by atoms with Crippen LogP contribution in [0.1, 0.15) is 22.5 Å². The normalized spacial score (nSPS) is 12.7. The molecule has 3 heterocycles.